The Morgan fingerprint density at radius 1 is 1.28 bits per heavy atom. The molecular weight excluding hydrogens is 491 g/mol. The number of aliphatic hydroxyl groups is 1. The maximum absolute atomic E-state index is 13.4. The zero-order chi connectivity index (χ0) is 26.6. The molecule has 1 aliphatic rings. The second-order valence-corrected chi connectivity index (χ2v) is 10.7. The van der Waals surface area contributed by atoms with Crippen molar-refractivity contribution >= 4 is 33.3 Å². The smallest absolute Gasteiger partial charge is 0.321 e. The highest BCUT2D eigenvalue weighted by atomic mass is 32.2. The van der Waals surface area contributed by atoms with Crippen molar-refractivity contribution in [1.82, 2.24) is 9.80 Å². The van der Waals surface area contributed by atoms with Crippen LogP contribution < -0.4 is 14.8 Å². The number of nitrogens with zero attached hydrogens (tertiary/aromatic N) is 2. The molecule has 1 aliphatic heterocycles. The van der Waals surface area contributed by atoms with Gasteiger partial charge in [-0.05, 0) is 43.3 Å². The number of likely N-dealkylation sites (N-methyl/N-ethyl adjacent to an activating group) is 1. The van der Waals surface area contributed by atoms with Crippen LogP contribution in [0.2, 0.25) is 0 Å². The number of amides is 3. The number of urea groups is 1. The van der Waals surface area contributed by atoms with E-state index in [0.717, 1.165) is 6.26 Å². The quantitative estimate of drug-likeness (QED) is 0.513. The highest BCUT2D eigenvalue weighted by Gasteiger charge is 2.35. The third-order valence-corrected chi connectivity index (χ3v) is 6.47. The third kappa shape index (κ3) is 6.64. The Bertz CT molecular complexity index is 1210. The number of nitrogens with one attached hydrogen (secondary N) is 2. The summed E-state index contributed by atoms with van der Waals surface area (Å²) in [6, 6.07) is 8.94. The molecule has 0 fully saturated rings. The summed E-state index contributed by atoms with van der Waals surface area (Å²) >= 11 is 0. The SMILES string of the molecule is C[C@H]1CN([C@@H](C)CO)C(=O)c2cccc(NS(C)(=O)=O)c2O[C@H]1CN(C)C(=O)Nc1ccc(F)cc1. The minimum Gasteiger partial charge on any atom is -0.485 e. The standard InChI is InChI=1S/C24H31FN4O6S/c1-15-12-29(16(2)14-30)23(31)19-6-5-7-20(27-36(4,33)34)22(19)35-21(15)13-28(3)24(32)26-18-10-8-17(25)9-11-18/h5-11,15-16,21,27,30H,12-14H2,1-4H3,(H,26,32)/t15-,16-,21-/m0/s1. The zero-order valence-corrected chi connectivity index (χ0v) is 21.4. The first kappa shape index (κ1) is 27.2. The van der Waals surface area contributed by atoms with Crippen LogP contribution in [-0.2, 0) is 10.0 Å². The molecule has 0 radical (unpaired) electrons. The molecular formula is C24H31FN4O6S. The number of halogens is 1. The molecule has 0 aromatic heterocycles. The van der Waals surface area contributed by atoms with E-state index in [0.29, 0.717) is 5.69 Å². The Labute approximate surface area is 210 Å². The number of carbonyl (C=O) groups is 2. The fourth-order valence-corrected chi connectivity index (χ4v) is 4.41. The first-order valence-electron chi connectivity index (χ1n) is 11.4. The summed E-state index contributed by atoms with van der Waals surface area (Å²) in [6.07, 6.45) is 0.349. The van der Waals surface area contributed by atoms with E-state index in [-0.39, 0.29) is 42.6 Å². The first-order chi connectivity index (χ1) is 16.9. The molecule has 196 valence electrons. The largest absolute Gasteiger partial charge is 0.485 e. The fourth-order valence-electron chi connectivity index (χ4n) is 3.85. The van der Waals surface area contributed by atoms with Crippen LogP contribution in [0.15, 0.2) is 42.5 Å². The molecule has 10 nitrogen and oxygen atoms in total. The fraction of sp³-hybridized carbons (Fsp3) is 0.417. The monoisotopic (exact) mass is 522 g/mol. The summed E-state index contributed by atoms with van der Waals surface area (Å²) in [5, 5.41) is 12.4. The Morgan fingerprint density at radius 2 is 1.94 bits per heavy atom. The zero-order valence-electron chi connectivity index (χ0n) is 20.6. The van der Waals surface area contributed by atoms with Crippen LogP contribution in [-0.4, -0.2) is 80.4 Å². The molecule has 0 unspecified atom stereocenters. The Morgan fingerprint density at radius 3 is 2.56 bits per heavy atom. The number of para-hydroxylation sites is 1. The molecule has 3 amide bonds. The molecule has 0 saturated carbocycles. The highest BCUT2D eigenvalue weighted by molar-refractivity contribution is 7.92. The minimum absolute atomic E-state index is 0.0481. The molecule has 3 N–H and O–H groups in total. The van der Waals surface area contributed by atoms with Gasteiger partial charge in [0.1, 0.15) is 11.9 Å². The van der Waals surface area contributed by atoms with Crippen molar-refractivity contribution in [3.05, 3.63) is 53.8 Å². The minimum atomic E-state index is -3.68. The summed E-state index contributed by atoms with van der Waals surface area (Å²) in [5.74, 6) is -1.08. The Hall–Kier alpha value is -3.38. The van der Waals surface area contributed by atoms with Gasteiger partial charge >= 0.3 is 6.03 Å². The number of sulfonamides is 1. The summed E-state index contributed by atoms with van der Waals surface area (Å²) in [7, 11) is -2.12. The number of anilines is 2. The van der Waals surface area contributed by atoms with Gasteiger partial charge in [-0.15, -0.1) is 0 Å². The topological polar surface area (TPSA) is 128 Å². The van der Waals surface area contributed by atoms with E-state index in [1.165, 1.54) is 52.3 Å². The second-order valence-electron chi connectivity index (χ2n) is 9.00. The first-order valence-corrected chi connectivity index (χ1v) is 13.3. The predicted octanol–water partition coefficient (Wildman–Crippen LogP) is 2.58. The summed E-state index contributed by atoms with van der Waals surface area (Å²) in [6.45, 7) is 3.62. The molecule has 12 heteroatoms. The van der Waals surface area contributed by atoms with Crippen LogP contribution >= 0.6 is 0 Å². The number of hydrogen-bond donors (Lipinski definition) is 3. The van der Waals surface area contributed by atoms with Gasteiger partial charge in [0.2, 0.25) is 10.0 Å². The van der Waals surface area contributed by atoms with Gasteiger partial charge in [-0.25, -0.2) is 17.6 Å². The van der Waals surface area contributed by atoms with E-state index < -0.39 is 39.9 Å². The molecule has 3 rings (SSSR count). The predicted molar refractivity (Wildman–Crippen MR) is 134 cm³/mol. The summed E-state index contributed by atoms with van der Waals surface area (Å²) < 4.78 is 45.7. The lowest BCUT2D eigenvalue weighted by Crippen LogP contribution is -2.50. The normalized spacial score (nSPS) is 18.8. The van der Waals surface area contributed by atoms with E-state index in [1.54, 1.807) is 14.0 Å². The molecule has 1 heterocycles. The van der Waals surface area contributed by atoms with Crippen molar-refractivity contribution in [2.45, 2.75) is 26.0 Å². The van der Waals surface area contributed by atoms with E-state index in [2.05, 4.69) is 10.0 Å². The average molecular weight is 523 g/mol. The lowest BCUT2D eigenvalue weighted by Gasteiger charge is -2.38. The van der Waals surface area contributed by atoms with E-state index in [9.17, 15) is 27.5 Å². The van der Waals surface area contributed by atoms with Crippen molar-refractivity contribution in [2.75, 3.05) is 43.0 Å². The maximum Gasteiger partial charge on any atom is 0.321 e. The Balaban J connectivity index is 1.93. The van der Waals surface area contributed by atoms with E-state index in [4.69, 9.17) is 4.74 Å². The number of fused-ring (bicyclic) bond motifs is 1. The van der Waals surface area contributed by atoms with Crippen LogP contribution in [0.3, 0.4) is 0 Å². The molecule has 3 atom stereocenters. The van der Waals surface area contributed by atoms with Crippen LogP contribution in [0.5, 0.6) is 5.75 Å². The average Bonchev–Trinajstić information content (AvgIpc) is 2.81. The molecule has 0 spiro atoms. The molecule has 0 bridgehead atoms. The van der Waals surface area contributed by atoms with Gasteiger partial charge in [-0.3, -0.25) is 9.52 Å². The maximum atomic E-state index is 13.4. The van der Waals surface area contributed by atoms with Crippen LogP contribution in [0.1, 0.15) is 24.2 Å². The van der Waals surface area contributed by atoms with Crippen LogP contribution in [0.4, 0.5) is 20.6 Å². The van der Waals surface area contributed by atoms with Gasteiger partial charge in [-0.1, -0.05) is 13.0 Å². The van der Waals surface area contributed by atoms with Gasteiger partial charge in [0.05, 0.1) is 36.7 Å². The van der Waals surface area contributed by atoms with Gasteiger partial charge in [0.25, 0.3) is 5.91 Å². The number of aliphatic hydroxyl groups excluding tert-OH is 1. The van der Waals surface area contributed by atoms with E-state index in [1.807, 2.05) is 6.92 Å². The second kappa shape index (κ2) is 11.1. The molecule has 0 saturated heterocycles. The van der Waals surface area contributed by atoms with Gasteiger partial charge in [0.15, 0.2) is 5.75 Å². The van der Waals surface area contributed by atoms with Gasteiger partial charge in [-0.2, -0.15) is 0 Å². The Kier molecular flexibility index (Phi) is 8.41. The molecule has 0 aliphatic carbocycles. The highest BCUT2D eigenvalue weighted by Crippen LogP contribution is 2.35. The van der Waals surface area contributed by atoms with Gasteiger partial charge < -0.3 is 25.0 Å². The van der Waals surface area contributed by atoms with Crippen LogP contribution in [0, 0.1) is 11.7 Å². The van der Waals surface area contributed by atoms with Crippen LogP contribution in [0.25, 0.3) is 0 Å². The van der Waals surface area contributed by atoms with Crippen molar-refractivity contribution in [3.8, 4) is 5.75 Å². The molecule has 2 aromatic rings. The number of ether oxygens (including phenoxy) is 1. The third-order valence-electron chi connectivity index (χ3n) is 5.88. The number of carbonyl (C=O) groups excluding carboxylic acids is 2. The lowest BCUT2D eigenvalue weighted by atomic mass is 9.99. The van der Waals surface area contributed by atoms with Crippen molar-refractivity contribution in [2.24, 2.45) is 5.92 Å². The molecule has 2 aromatic carbocycles. The number of hydrogen-bond acceptors (Lipinski definition) is 6. The number of rotatable bonds is 7. The van der Waals surface area contributed by atoms with E-state index >= 15 is 0 Å². The van der Waals surface area contributed by atoms with Crippen molar-refractivity contribution < 1.29 is 32.2 Å². The van der Waals surface area contributed by atoms with Crippen molar-refractivity contribution in [1.29, 1.82) is 0 Å². The summed E-state index contributed by atoms with van der Waals surface area (Å²) in [4.78, 5) is 29.1. The lowest BCUT2D eigenvalue weighted by molar-refractivity contribution is 0.0373. The van der Waals surface area contributed by atoms with Crippen molar-refractivity contribution in [3.63, 3.8) is 0 Å². The summed E-state index contributed by atoms with van der Waals surface area (Å²) in [5.41, 5.74) is 0.648. The number of benzene rings is 2. The van der Waals surface area contributed by atoms with Gasteiger partial charge in [0, 0.05) is 25.2 Å². The molecule has 36 heavy (non-hydrogen) atoms.